The Morgan fingerprint density at radius 2 is 1.64 bits per heavy atom. The van der Waals surface area contributed by atoms with E-state index in [-0.39, 0.29) is 17.7 Å². The van der Waals surface area contributed by atoms with Crippen molar-refractivity contribution in [1.82, 2.24) is 14.7 Å². The molecule has 3 fully saturated rings. The smallest absolute Gasteiger partial charge is 0.407 e. The molecule has 1 N–H and O–H groups in total. The maximum atomic E-state index is 13.9. The van der Waals surface area contributed by atoms with Crippen molar-refractivity contribution in [2.45, 2.75) is 64.1 Å². The van der Waals surface area contributed by atoms with Crippen molar-refractivity contribution in [2.24, 2.45) is 5.92 Å². The van der Waals surface area contributed by atoms with Crippen LogP contribution in [0.25, 0.3) is 0 Å². The van der Waals surface area contributed by atoms with E-state index in [4.69, 9.17) is 4.74 Å². The van der Waals surface area contributed by atoms with Crippen LogP contribution in [0.1, 0.15) is 51.5 Å². The third kappa shape index (κ3) is 7.02. The summed E-state index contributed by atoms with van der Waals surface area (Å²) in [5, 5.41) is 9.20. The molecule has 2 saturated heterocycles. The van der Waals surface area contributed by atoms with Crippen molar-refractivity contribution in [3.05, 3.63) is 58.6 Å². The molecule has 1 aliphatic carbocycles. The standard InChI is InChI=1S/C32H41BrN4O5/c1-32(2,30(39)34-16-18-35(19-17-34)31(40)41)42-28-10-4-9-27(20-28)36-15-5-6-24(22-36)29(38)37(26-7-3-8-26)21-23-11-13-25(33)14-12-23/h4,9-14,20,24,26H,3,5-8,15-19,21-22H2,1-2H3,(H,40,41)/t24-/m1/s1. The van der Waals surface area contributed by atoms with Crippen LogP contribution in [0.4, 0.5) is 10.5 Å². The van der Waals surface area contributed by atoms with Gasteiger partial charge in [-0.25, -0.2) is 4.79 Å². The topological polar surface area (TPSA) is 93.6 Å². The third-order valence-electron chi connectivity index (χ3n) is 8.74. The van der Waals surface area contributed by atoms with Crippen molar-refractivity contribution in [2.75, 3.05) is 44.2 Å². The number of halogens is 1. The molecular formula is C32H41BrN4O5. The summed E-state index contributed by atoms with van der Waals surface area (Å²) in [6, 6.07) is 16.3. The predicted octanol–water partition coefficient (Wildman–Crippen LogP) is 5.23. The lowest BCUT2D eigenvalue weighted by molar-refractivity contribution is -0.147. The van der Waals surface area contributed by atoms with Crippen LogP contribution in [0.5, 0.6) is 5.75 Å². The monoisotopic (exact) mass is 640 g/mol. The Bertz CT molecular complexity index is 1270. The highest BCUT2D eigenvalue weighted by Crippen LogP contribution is 2.33. The Morgan fingerprint density at radius 1 is 0.952 bits per heavy atom. The second-order valence-corrected chi connectivity index (χ2v) is 13.0. The molecule has 2 aromatic carbocycles. The highest BCUT2D eigenvalue weighted by Gasteiger charge is 2.37. The van der Waals surface area contributed by atoms with Crippen LogP contribution >= 0.6 is 15.9 Å². The lowest BCUT2D eigenvalue weighted by atomic mass is 9.88. The molecule has 0 aromatic heterocycles. The van der Waals surface area contributed by atoms with Crippen LogP contribution in [0.2, 0.25) is 0 Å². The zero-order valence-corrected chi connectivity index (χ0v) is 26.1. The molecule has 2 aromatic rings. The second-order valence-electron chi connectivity index (χ2n) is 12.1. The quantitative estimate of drug-likeness (QED) is 0.425. The molecule has 9 nitrogen and oxygen atoms in total. The van der Waals surface area contributed by atoms with Crippen LogP contribution < -0.4 is 9.64 Å². The summed E-state index contributed by atoms with van der Waals surface area (Å²) < 4.78 is 7.27. The summed E-state index contributed by atoms with van der Waals surface area (Å²) in [6.45, 7) is 6.95. The fourth-order valence-corrected chi connectivity index (χ4v) is 6.35. The molecule has 1 saturated carbocycles. The van der Waals surface area contributed by atoms with Gasteiger partial charge in [-0.1, -0.05) is 34.1 Å². The summed E-state index contributed by atoms with van der Waals surface area (Å²) >= 11 is 3.50. The van der Waals surface area contributed by atoms with Gasteiger partial charge in [-0.3, -0.25) is 9.59 Å². The van der Waals surface area contributed by atoms with Crippen molar-refractivity contribution < 1.29 is 24.2 Å². The van der Waals surface area contributed by atoms with Gasteiger partial charge >= 0.3 is 6.09 Å². The van der Waals surface area contributed by atoms with Gasteiger partial charge in [0.25, 0.3) is 5.91 Å². The molecule has 0 bridgehead atoms. The number of benzene rings is 2. The van der Waals surface area contributed by atoms with Gasteiger partial charge in [-0.15, -0.1) is 0 Å². The molecule has 2 aliphatic heterocycles. The lowest BCUT2D eigenvalue weighted by Gasteiger charge is -2.42. The van der Waals surface area contributed by atoms with Crippen molar-refractivity contribution in [3.8, 4) is 5.75 Å². The predicted molar refractivity (Wildman–Crippen MR) is 165 cm³/mol. The molecule has 42 heavy (non-hydrogen) atoms. The van der Waals surface area contributed by atoms with E-state index in [0.29, 0.717) is 51.1 Å². The summed E-state index contributed by atoms with van der Waals surface area (Å²) in [5.41, 5.74) is 1.02. The normalized spacial score (nSPS) is 19.7. The van der Waals surface area contributed by atoms with Gasteiger partial charge in [0.05, 0.1) is 5.92 Å². The number of hydrogen-bond donors (Lipinski definition) is 1. The number of carbonyl (C=O) groups is 3. The Labute approximate surface area is 256 Å². The third-order valence-corrected chi connectivity index (χ3v) is 9.27. The second kappa shape index (κ2) is 12.9. The number of anilines is 1. The van der Waals surface area contributed by atoms with Gasteiger partial charge in [-0.05, 0) is 75.8 Å². The van der Waals surface area contributed by atoms with E-state index < -0.39 is 11.7 Å². The molecule has 0 radical (unpaired) electrons. The van der Waals surface area contributed by atoms with E-state index in [1.54, 1.807) is 18.7 Å². The highest BCUT2D eigenvalue weighted by molar-refractivity contribution is 9.10. The van der Waals surface area contributed by atoms with Crippen LogP contribution in [-0.4, -0.2) is 88.6 Å². The zero-order chi connectivity index (χ0) is 29.9. The molecule has 0 unspecified atom stereocenters. The summed E-state index contributed by atoms with van der Waals surface area (Å²) in [6.07, 6.45) is 4.17. The van der Waals surface area contributed by atoms with Crippen molar-refractivity contribution in [3.63, 3.8) is 0 Å². The molecule has 0 spiro atoms. The van der Waals surface area contributed by atoms with Gasteiger partial charge in [0.1, 0.15) is 5.75 Å². The highest BCUT2D eigenvalue weighted by atomic mass is 79.9. The SMILES string of the molecule is CC(C)(Oc1cccc(N2CCC[C@@H](C(=O)N(Cc3ccc(Br)cc3)C3CCC3)C2)c1)C(=O)N1CCN(C(=O)O)CC1. The minimum absolute atomic E-state index is 0.0677. The van der Waals surface area contributed by atoms with E-state index in [1.165, 1.54) is 11.3 Å². The van der Waals surface area contributed by atoms with E-state index in [0.717, 1.165) is 48.0 Å². The van der Waals surface area contributed by atoms with E-state index in [2.05, 4.69) is 37.9 Å². The Morgan fingerprint density at radius 3 is 2.29 bits per heavy atom. The number of amides is 3. The molecule has 3 amide bonds. The van der Waals surface area contributed by atoms with E-state index >= 15 is 0 Å². The van der Waals surface area contributed by atoms with Crippen molar-refractivity contribution in [1.29, 1.82) is 0 Å². The van der Waals surface area contributed by atoms with Gasteiger partial charge < -0.3 is 29.4 Å². The summed E-state index contributed by atoms with van der Waals surface area (Å²) in [4.78, 5) is 45.8. The first kappa shape index (κ1) is 30.2. The number of carboxylic acid groups (broad SMARTS) is 1. The Kier molecular flexibility index (Phi) is 9.30. The first-order valence-corrected chi connectivity index (χ1v) is 15.8. The first-order chi connectivity index (χ1) is 20.1. The molecule has 2 heterocycles. The first-order valence-electron chi connectivity index (χ1n) is 15.0. The maximum absolute atomic E-state index is 13.9. The number of piperidine rings is 1. The molecule has 1 atom stereocenters. The number of nitrogens with zero attached hydrogens (tertiary/aromatic N) is 4. The Balaban J connectivity index is 1.23. The van der Waals surface area contributed by atoms with Crippen molar-refractivity contribution >= 4 is 39.5 Å². The lowest BCUT2D eigenvalue weighted by Crippen LogP contribution is -2.56. The minimum Gasteiger partial charge on any atom is -0.478 e. The average molecular weight is 642 g/mol. The molecule has 10 heteroatoms. The van der Waals surface area contributed by atoms with Gasteiger partial charge in [0, 0.05) is 68.1 Å². The van der Waals surface area contributed by atoms with Gasteiger partial charge in [0.2, 0.25) is 5.91 Å². The Hall–Kier alpha value is -3.27. The summed E-state index contributed by atoms with van der Waals surface area (Å²) in [5.74, 6) is 0.606. The van der Waals surface area contributed by atoms with E-state index in [9.17, 15) is 19.5 Å². The van der Waals surface area contributed by atoms with Gasteiger partial charge in [-0.2, -0.15) is 0 Å². The van der Waals surface area contributed by atoms with E-state index in [1.807, 2.05) is 36.4 Å². The van der Waals surface area contributed by atoms with Gasteiger partial charge in [0.15, 0.2) is 5.60 Å². The zero-order valence-electron chi connectivity index (χ0n) is 24.5. The van der Waals surface area contributed by atoms with Crippen LogP contribution in [0.15, 0.2) is 53.0 Å². The number of piperazine rings is 1. The fraction of sp³-hybridized carbons (Fsp3) is 0.531. The number of rotatable bonds is 8. The van der Waals surface area contributed by atoms with Crippen LogP contribution in [0, 0.1) is 5.92 Å². The summed E-state index contributed by atoms with van der Waals surface area (Å²) in [7, 11) is 0. The molecular weight excluding hydrogens is 600 g/mol. The molecule has 5 rings (SSSR count). The largest absolute Gasteiger partial charge is 0.478 e. The molecule has 3 aliphatic rings. The van der Waals surface area contributed by atoms with Crippen LogP contribution in [0.3, 0.4) is 0 Å². The number of carbonyl (C=O) groups excluding carboxylic acids is 2. The van der Waals surface area contributed by atoms with Crippen LogP contribution in [-0.2, 0) is 16.1 Å². The maximum Gasteiger partial charge on any atom is 0.407 e. The average Bonchev–Trinajstić information content (AvgIpc) is 2.96. The fourth-order valence-electron chi connectivity index (χ4n) is 6.08. The number of hydrogen-bond acceptors (Lipinski definition) is 5. The minimum atomic E-state index is -1.11. The number of ether oxygens (including phenoxy) is 1. The molecule has 226 valence electrons.